The summed E-state index contributed by atoms with van der Waals surface area (Å²) in [7, 11) is 0.718. The second-order valence-corrected chi connectivity index (χ2v) is 13.8. The van der Waals surface area contributed by atoms with Crippen molar-refractivity contribution in [1.29, 1.82) is 0 Å². The third kappa shape index (κ3) is 5.88. The van der Waals surface area contributed by atoms with E-state index in [1.54, 1.807) is 45.2 Å². The Morgan fingerprint density at radius 3 is 2.12 bits per heavy atom. The molecule has 0 bridgehead atoms. The van der Waals surface area contributed by atoms with Crippen molar-refractivity contribution in [2.45, 2.75) is 36.4 Å². The number of β-amino-alcohol motifs (C(OH)–C–C–N with tert-alkyl or cyclic N) is 1. The number of rotatable bonds is 8. The molecule has 0 aliphatic carbocycles. The molecule has 3 N–H and O–H groups in total. The van der Waals surface area contributed by atoms with E-state index in [4.69, 9.17) is 4.74 Å². The summed E-state index contributed by atoms with van der Waals surface area (Å²) >= 11 is 0. The fourth-order valence-corrected chi connectivity index (χ4v) is 4.57. The van der Waals surface area contributed by atoms with Gasteiger partial charge in [-0.3, -0.25) is 14.5 Å². The highest BCUT2D eigenvalue weighted by molar-refractivity contribution is 8.32. The van der Waals surface area contributed by atoms with E-state index < -0.39 is 27.7 Å². The van der Waals surface area contributed by atoms with Gasteiger partial charge in [0.1, 0.15) is 11.8 Å². The summed E-state index contributed by atoms with van der Waals surface area (Å²) in [6.07, 6.45) is 6.23. The van der Waals surface area contributed by atoms with Gasteiger partial charge in [0, 0.05) is 18.8 Å². The van der Waals surface area contributed by atoms with Crippen molar-refractivity contribution >= 4 is 27.5 Å². The number of carbonyl (C=O) groups is 2. The monoisotopic (exact) mass is 473 g/mol. The first-order valence-corrected chi connectivity index (χ1v) is 13.7. The molecule has 0 aromatic heterocycles. The average Bonchev–Trinajstić information content (AvgIpc) is 2.74. The maximum Gasteiger partial charge on any atom is 0.251 e. The van der Waals surface area contributed by atoms with Gasteiger partial charge in [0.15, 0.2) is 0 Å². The van der Waals surface area contributed by atoms with Gasteiger partial charge in [-0.2, -0.15) is 0 Å². The molecule has 1 aliphatic heterocycles. The van der Waals surface area contributed by atoms with Gasteiger partial charge in [-0.15, -0.1) is 0 Å². The summed E-state index contributed by atoms with van der Waals surface area (Å²) in [5, 5.41) is 15.5. The standard InChI is InChI=1S/C25H35N3O4S/c1-25(2,28-15-19(29)16-28)24(31)27-22(17-7-11-20(32-3)12-8-17)23(30)26-18-9-13-21(14-10-18)33(4,5)6/h7-14,19,22,29H,15-16H2,1-6H3,(H,26,30)(H,27,31). The molecule has 0 saturated carbocycles. The van der Waals surface area contributed by atoms with Crippen molar-refractivity contribution in [2.24, 2.45) is 0 Å². The van der Waals surface area contributed by atoms with Crippen LogP contribution in [-0.4, -0.2) is 72.4 Å². The normalized spacial score (nSPS) is 16.5. The first-order chi connectivity index (χ1) is 15.4. The molecule has 2 amide bonds. The van der Waals surface area contributed by atoms with E-state index in [1.807, 2.05) is 29.2 Å². The SMILES string of the molecule is COc1ccc(C(NC(=O)C(C)(C)N2CC(O)C2)C(=O)Nc2ccc(S(C)(C)C)cc2)cc1. The second kappa shape index (κ2) is 9.75. The summed E-state index contributed by atoms with van der Waals surface area (Å²) in [5.74, 6) is 0.0558. The lowest BCUT2D eigenvalue weighted by Gasteiger charge is -2.46. The lowest BCUT2D eigenvalue weighted by Crippen LogP contribution is -2.65. The van der Waals surface area contributed by atoms with Crippen molar-refractivity contribution in [2.75, 3.05) is 44.3 Å². The predicted octanol–water partition coefficient (Wildman–Crippen LogP) is 3.00. The molecule has 2 aromatic rings. The zero-order valence-electron chi connectivity index (χ0n) is 20.2. The third-order valence-corrected chi connectivity index (χ3v) is 7.71. The van der Waals surface area contributed by atoms with Gasteiger partial charge in [-0.05, 0) is 79.5 Å². The van der Waals surface area contributed by atoms with Crippen LogP contribution in [0.25, 0.3) is 0 Å². The van der Waals surface area contributed by atoms with Crippen LogP contribution in [0, 0.1) is 0 Å². The number of aliphatic hydroxyl groups excluding tert-OH is 1. The lowest BCUT2D eigenvalue weighted by molar-refractivity contribution is -0.142. The highest BCUT2D eigenvalue weighted by Crippen LogP contribution is 2.45. The van der Waals surface area contributed by atoms with Gasteiger partial charge in [0.25, 0.3) is 5.91 Å². The van der Waals surface area contributed by atoms with E-state index in [-0.39, 0.29) is 11.8 Å². The molecule has 1 atom stereocenters. The Morgan fingerprint density at radius 1 is 1.06 bits per heavy atom. The summed E-state index contributed by atoms with van der Waals surface area (Å²) in [5.41, 5.74) is 0.462. The Balaban J connectivity index is 1.81. The molecule has 7 nitrogen and oxygen atoms in total. The summed E-state index contributed by atoms with van der Waals surface area (Å²) in [6, 6.07) is 14.0. The Labute approximate surface area is 197 Å². The van der Waals surface area contributed by atoms with E-state index >= 15 is 0 Å². The number of hydrogen-bond acceptors (Lipinski definition) is 5. The predicted molar refractivity (Wildman–Crippen MR) is 134 cm³/mol. The zero-order valence-corrected chi connectivity index (χ0v) is 21.0. The van der Waals surface area contributed by atoms with Crippen molar-refractivity contribution < 1.29 is 19.4 Å². The number of ether oxygens (including phenoxy) is 1. The van der Waals surface area contributed by atoms with Crippen molar-refractivity contribution in [3.05, 3.63) is 54.1 Å². The number of aliphatic hydroxyl groups is 1. The summed E-state index contributed by atoms with van der Waals surface area (Å²) < 4.78 is 5.23. The fourth-order valence-electron chi connectivity index (χ4n) is 3.62. The molecule has 180 valence electrons. The van der Waals surface area contributed by atoms with Crippen LogP contribution in [-0.2, 0) is 9.59 Å². The van der Waals surface area contributed by atoms with E-state index in [1.165, 1.54) is 4.90 Å². The topological polar surface area (TPSA) is 90.9 Å². The quantitative estimate of drug-likeness (QED) is 0.548. The Hall–Kier alpha value is -2.55. The number of benzene rings is 2. The van der Waals surface area contributed by atoms with Crippen LogP contribution in [0.4, 0.5) is 5.69 Å². The molecule has 2 aromatic carbocycles. The third-order valence-electron chi connectivity index (χ3n) is 6.02. The molecule has 1 saturated heterocycles. The molecule has 0 spiro atoms. The van der Waals surface area contributed by atoms with Crippen LogP contribution in [0.1, 0.15) is 25.5 Å². The summed E-state index contributed by atoms with van der Waals surface area (Å²) in [4.78, 5) is 29.6. The highest BCUT2D eigenvalue weighted by atomic mass is 32.3. The lowest BCUT2D eigenvalue weighted by atomic mass is 9.94. The smallest absolute Gasteiger partial charge is 0.251 e. The zero-order chi connectivity index (χ0) is 24.4. The van der Waals surface area contributed by atoms with Crippen LogP contribution in [0.5, 0.6) is 5.75 Å². The number of nitrogens with zero attached hydrogens (tertiary/aromatic N) is 1. The first kappa shape index (κ1) is 25.1. The molecule has 33 heavy (non-hydrogen) atoms. The van der Waals surface area contributed by atoms with Crippen LogP contribution >= 0.6 is 10.0 Å². The first-order valence-electron chi connectivity index (χ1n) is 10.9. The number of amides is 2. The van der Waals surface area contributed by atoms with Crippen molar-refractivity contribution in [3.8, 4) is 5.75 Å². The number of methoxy groups -OCH3 is 1. The van der Waals surface area contributed by atoms with Gasteiger partial charge in [0.2, 0.25) is 5.91 Å². The number of hydrogen-bond donors (Lipinski definition) is 3. The van der Waals surface area contributed by atoms with Crippen LogP contribution in [0.3, 0.4) is 0 Å². The van der Waals surface area contributed by atoms with E-state index in [2.05, 4.69) is 29.4 Å². The average molecular weight is 474 g/mol. The Morgan fingerprint density at radius 2 is 1.64 bits per heavy atom. The van der Waals surface area contributed by atoms with Crippen molar-refractivity contribution in [1.82, 2.24) is 10.2 Å². The van der Waals surface area contributed by atoms with Gasteiger partial charge in [-0.1, -0.05) is 12.1 Å². The van der Waals surface area contributed by atoms with Crippen LogP contribution in [0.2, 0.25) is 0 Å². The van der Waals surface area contributed by atoms with E-state index in [0.29, 0.717) is 30.1 Å². The molecule has 8 heteroatoms. The van der Waals surface area contributed by atoms with Crippen LogP contribution < -0.4 is 15.4 Å². The summed E-state index contributed by atoms with van der Waals surface area (Å²) in [6.45, 7) is 4.46. The minimum absolute atomic E-state index is 0.281. The molecule has 1 aliphatic rings. The molecule has 1 fully saturated rings. The van der Waals surface area contributed by atoms with Gasteiger partial charge < -0.3 is 20.5 Å². The largest absolute Gasteiger partial charge is 0.497 e. The second-order valence-electron chi connectivity index (χ2n) is 9.65. The fraction of sp³-hybridized carbons (Fsp3) is 0.440. The number of likely N-dealkylation sites (tertiary alicyclic amines) is 1. The van der Waals surface area contributed by atoms with E-state index in [0.717, 1.165) is 0 Å². The molecule has 1 unspecified atom stereocenters. The highest BCUT2D eigenvalue weighted by Gasteiger charge is 2.42. The van der Waals surface area contributed by atoms with Gasteiger partial charge in [0.05, 0.1) is 18.8 Å². The molecular weight excluding hydrogens is 438 g/mol. The molecule has 3 rings (SSSR count). The number of nitrogens with one attached hydrogen (secondary N) is 2. The van der Waals surface area contributed by atoms with Gasteiger partial charge >= 0.3 is 0 Å². The number of carbonyl (C=O) groups excluding carboxylic acids is 2. The minimum atomic E-state index is -0.887. The molecule has 0 radical (unpaired) electrons. The van der Waals surface area contributed by atoms with Crippen LogP contribution in [0.15, 0.2) is 53.4 Å². The minimum Gasteiger partial charge on any atom is -0.497 e. The number of anilines is 1. The molecule has 1 heterocycles. The van der Waals surface area contributed by atoms with E-state index in [9.17, 15) is 14.7 Å². The Kier molecular flexibility index (Phi) is 7.41. The van der Waals surface area contributed by atoms with Gasteiger partial charge in [-0.25, -0.2) is 10.0 Å². The Bertz CT molecular complexity index is 978. The molecular formula is C25H35N3O4S. The maximum absolute atomic E-state index is 13.3. The van der Waals surface area contributed by atoms with Crippen molar-refractivity contribution in [3.63, 3.8) is 0 Å². The maximum atomic E-state index is 13.3.